The molecule has 64 valence electrons. The van der Waals surface area contributed by atoms with Gasteiger partial charge in [0.2, 0.25) is 0 Å². The third kappa shape index (κ3) is 1.21. The summed E-state index contributed by atoms with van der Waals surface area (Å²) in [5.41, 5.74) is 1.72. The van der Waals surface area contributed by atoms with Crippen molar-refractivity contribution in [2.75, 3.05) is 0 Å². The topological polar surface area (TPSA) is 23.8 Å². The van der Waals surface area contributed by atoms with Gasteiger partial charge in [-0.1, -0.05) is 11.6 Å². The van der Waals surface area contributed by atoms with Crippen molar-refractivity contribution in [3.05, 3.63) is 33.7 Å². The van der Waals surface area contributed by atoms with E-state index in [1.165, 1.54) is 0 Å². The molecule has 0 amide bonds. The van der Waals surface area contributed by atoms with E-state index in [1.807, 2.05) is 24.4 Å². The maximum Gasteiger partial charge on any atom is 0.101 e. The zero-order valence-corrected chi connectivity index (χ0v) is 8.54. The molecule has 2 aromatic rings. The number of halogens is 1. The first-order chi connectivity index (χ1) is 6.24. The summed E-state index contributed by atoms with van der Waals surface area (Å²) < 4.78 is 1.12. The average molecular weight is 208 g/mol. The van der Waals surface area contributed by atoms with Crippen LogP contribution in [-0.4, -0.2) is 0 Å². The molecule has 0 bridgehead atoms. The van der Waals surface area contributed by atoms with E-state index < -0.39 is 0 Å². The Labute approximate surface area is 85.2 Å². The maximum absolute atomic E-state index is 8.85. The number of hydrogen-bond donors (Lipinski definition) is 0. The molecule has 0 aliphatic rings. The standard InChI is InChI=1S/C10H6ClNS/c1-6-8(11)2-3-9-10(6)7(4-12)5-13-9/h2-3,5H,1H3. The lowest BCUT2D eigenvalue weighted by Gasteiger charge is -1.98. The minimum Gasteiger partial charge on any atom is -0.192 e. The van der Waals surface area contributed by atoms with Crippen molar-refractivity contribution in [3.8, 4) is 6.07 Å². The molecule has 0 unspecified atom stereocenters. The summed E-state index contributed by atoms with van der Waals surface area (Å²) in [6, 6.07) is 6.00. The third-order valence-corrected chi connectivity index (χ3v) is 3.41. The fourth-order valence-corrected chi connectivity index (χ4v) is 2.46. The molecular formula is C10H6ClNS. The Bertz CT molecular complexity index is 507. The summed E-state index contributed by atoms with van der Waals surface area (Å²) in [7, 11) is 0. The molecule has 2 rings (SSSR count). The van der Waals surface area contributed by atoms with Gasteiger partial charge in [0, 0.05) is 20.5 Å². The minimum atomic E-state index is 0.722. The van der Waals surface area contributed by atoms with Crippen LogP contribution >= 0.6 is 22.9 Å². The Morgan fingerprint density at radius 3 is 2.92 bits per heavy atom. The number of thiophene rings is 1. The highest BCUT2D eigenvalue weighted by molar-refractivity contribution is 7.17. The highest BCUT2D eigenvalue weighted by Crippen LogP contribution is 2.32. The minimum absolute atomic E-state index is 0.722. The van der Waals surface area contributed by atoms with Crippen molar-refractivity contribution in [1.82, 2.24) is 0 Å². The lowest BCUT2D eigenvalue weighted by atomic mass is 10.1. The Morgan fingerprint density at radius 2 is 2.23 bits per heavy atom. The van der Waals surface area contributed by atoms with Crippen LogP contribution in [0.3, 0.4) is 0 Å². The number of fused-ring (bicyclic) bond motifs is 1. The van der Waals surface area contributed by atoms with Gasteiger partial charge in [-0.15, -0.1) is 11.3 Å². The van der Waals surface area contributed by atoms with E-state index in [0.29, 0.717) is 0 Å². The van der Waals surface area contributed by atoms with Gasteiger partial charge in [0.15, 0.2) is 0 Å². The number of hydrogen-bond acceptors (Lipinski definition) is 2. The quantitative estimate of drug-likeness (QED) is 0.646. The van der Waals surface area contributed by atoms with Crippen molar-refractivity contribution >= 4 is 33.0 Å². The largest absolute Gasteiger partial charge is 0.192 e. The second kappa shape index (κ2) is 3.02. The summed E-state index contributed by atoms with van der Waals surface area (Å²) >= 11 is 7.55. The molecular weight excluding hydrogens is 202 g/mol. The summed E-state index contributed by atoms with van der Waals surface area (Å²) in [6.07, 6.45) is 0. The second-order valence-corrected chi connectivity index (χ2v) is 4.13. The lowest BCUT2D eigenvalue weighted by molar-refractivity contribution is 1.49. The van der Waals surface area contributed by atoms with Gasteiger partial charge < -0.3 is 0 Å². The molecule has 1 aromatic carbocycles. The molecule has 1 nitrogen and oxygen atoms in total. The molecule has 0 spiro atoms. The molecule has 3 heteroatoms. The van der Waals surface area contributed by atoms with Crippen molar-refractivity contribution in [3.63, 3.8) is 0 Å². The van der Waals surface area contributed by atoms with Crippen LogP contribution in [-0.2, 0) is 0 Å². The van der Waals surface area contributed by atoms with E-state index in [2.05, 4.69) is 6.07 Å². The molecule has 0 atom stereocenters. The van der Waals surface area contributed by atoms with Crippen LogP contribution in [0, 0.1) is 18.3 Å². The first-order valence-electron chi connectivity index (χ1n) is 3.80. The van der Waals surface area contributed by atoms with Crippen molar-refractivity contribution in [2.45, 2.75) is 6.92 Å². The molecule has 0 saturated carbocycles. The Balaban J connectivity index is 2.95. The van der Waals surface area contributed by atoms with Crippen LogP contribution in [0.15, 0.2) is 17.5 Å². The van der Waals surface area contributed by atoms with E-state index in [0.717, 1.165) is 26.2 Å². The summed E-state index contributed by atoms with van der Waals surface area (Å²) in [5.74, 6) is 0. The number of nitriles is 1. The van der Waals surface area contributed by atoms with E-state index in [-0.39, 0.29) is 0 Å². The van der Waals surface area contributed by atoms with Gasteiger partial charge in [-0.25, -0.2) is 0 Å². The average Bonchev–Trinajstić information content (AvgIpc) is 2.55. The smallest absolute Gasteiger partial charge is 0.101 e. The molecule has 1 aromatic heterocycles. The van der Waals surface area contributed by atoms with Gasteiger partial charge in [0.1, 0.15) is 6.07 Å². The van der Waals surface area contributed by atoms with Crippen molar-refractivity contribution in [1.29, 1.82) is 5.26 Å². The van der Waals surface area contributed by atoms with Crippen molar-refractivity contribution < 1.29 is 0 Å². The van der Waals surface area contributed by atoms with E-state index in [4.69, 9.17) is 16.9 Å². The molecule has 0 radical (unpaired) electrons. The highest BCUT2D eigenvalue weighted by Gasteiger charge is 2.07. The number of benzene rings is 1. The normalized spacial score (nSPS) is 10.2. The second-order valence-electron chi connectivity index (χ2n) is 2.81. The fraction of sp³-hybridized carbons (Fsp3) is 0.100. The molecule has 1 heterocycles. The van der Waals surface area contributed by atoms with Gasteiger partial charge in [0.25, 0.3) is 0 Å². The van der Waals surface area contributed by atoms with Crippen molar-refractivity contribution in [2.24, 2.45) is 0 Å². The molecule has 0 aliphatic heterocycles. The Hall–Kier alpha value is -1.04. The maximum atomic E-state index is 8.85. The summed E-state index contributed by atoms with van der Waals surface area (Å²) in [4.78, 5) is 0. The SMILES string of the molecule is Cc1c(Cl)ccc2scc(C#N)c12. The Kier molecular flexibility index (Phi) is 1.99. The summed E-state index contributed by atoms with van der Waals surface area (Å²) in [6.45, 7) is 1.94. The monoisotopic (exact) mass is 207 g/mol. The van der Waals surface area contributed by atoms with Crippen LogP contribution in [0.4, 0.5) is 0 Å². The highest BCUT2D eigenvalue weighted by atomic mass is 35.5. The predicted octanol–water partition coefficient (Wildman–Crippen LogP) is 3.73. The van der Waals surface area contributed by atoms with Gasteiger partial charge in [0.05, 0.1) is 5.56 Å². The van der Waals surface area contributed by atoms with Gasteiger partial charge >= 0.3 is 0 Å². The molecule has 13 heavy (non-hydrogen) atoms. The third-order valence-electron chi connectivity index (χ3n) is 2.05. The Morgan fingerprint density at radius 1 is 1.46 bits per heavy atom. The van der Waals surface area contributed by atoms with Crippen LogP contribution in [0.25, 0.3) is 10.1 Å². The summed E-state index contributed by atoms with van der Waals surface area (Å²) in [5, 5.41) is 12.4. The molecule has 0 fully saturated rings. The zero-order valence-electron chi connectivity index (χ0n) is 6.97. The zero-order chi connectivity index (χ0) is 9.42. The lowest BCUT2D eigenvalue weighted by Crippen LogP contribution is -1.78. The molecule has 0 aliphatic carbocycles. The van der Waals surface area contributed by atoms with E-state index in [9.17, 15) is 0 Å². The van der Waals surface area contributed by atoms with Gasteiger partial charge in [-0.05, 0) is 24.6 Å². The number of aryl methyl sites for hydroxylation is 1. The van der Waals surface area contributed by atoms with Crippen LogP contribution in [0.1, 0.15) is 11.1 Å². The van der Waals surface area contributed by atoms with E-state index >= 15 is 0 Å². The van der Waals surface area contributed by atoms with Gasteiger partial charge in [-0.2, -0.15) is 5.26 Å². The molecule has 0 N–H and O–H groups in total. The van der Waals surface area contributed by atoms with Crippen LogP contribution in [0.5, 0.6) is 0 Å². The van der Waals surface area contributed by atoms with Crippen LogP contribution in [0.2, 0.25) is 5.02 Å². The number of nitrogens with zero attached hydrogens (tertiary/aromatic N) is 1. The molecule has 0 saturated heterocycles. The first-order valence-corrected chi connectivity index (χ1v) is 5.06. The predicted molar refractivity (Wildman–Crippen MR) is 56.3 cm³/mol. The number of rotatable bonds is 0. The van der Waals surface area contributed by atoms with Crippen LogP contribution < -0.4 is 0 Å². The fourth-order valence-electron chi connectivity index (χ4n) is 1.36. The van der Waals surface area contributed by atoms with Gasteiger partial charge in [-0.3, -0.25) is 0 Å². The van der Waals surface area contributed by atoms with E-state index in [1.54, 1.807) is 11.3 Å². The first kappa shape index (κ1) is 8.55.